The van der Waals surface area contributed by atoms with E-state index < -0.39 is 5.91 Å². The first-order chi connectivity index (χ1) is 19.5. The molecular weight excluding hydrogens is 572 g/mol. The Labute approximate surface area is 241 Å². The number of nitriles is 1. The number of nitrogens with one attached hydrogen (secondary N) is 1. The molecule has 0 aliphatic rings. The van der Waals surface area contributed by atoms with Crippen molar-refractivity contribution in [3.05, 3.63) is 118 Å². The van der Waals surface area contributed by atoms with E-state index in [4.69, 9.17) is 18.9 Å². The molecule has 8 heteroatoms. The van der Waals surface area contributed by atoms with E-state index in [0.29, 0.717) is 45.3 Å². The van der Waals surface area contributed by atoms with Gasteiger partial charge < -0.3 is 24.3 Å². The molecular formula is C32H27BrN2O5. The number of halogens is 1. The van der Waals surface area contributed by atoms with Crippen molar-refractivity contribution in [1.29, 1.82) is 5.26 Å². The van der Waals surface area contributed by atoms with Gasteiger partial charge in [0.25, 0.3) is 5.91 Å². The minimum atomic E-state index is -0.505. The zero-order valence-electron chi connectivity index (χ0n) is 22.0. The Bertz CT molecular complexity index is 1530. The number of benzene rings is 4. The predicted octanol–water partition coefficient (Wildman–Crippen LogP) is 7.17. The molecule has 0 aliphatic carbocycles. The summed E-state index contributed by atoms with van der Waals surface area (Å²) in [5.41, 5.74) is 3.08. The fraction of sp³-hybridized carbons (Fsp3) is 0.125. The molecule has 0 fully saturated rings. The van der Waals surface area contributed by atoms with Crippen molar-refractivity contribution < 1.29 is 23.7 Å². The Morgan fingerprint density at radius 1 is 0.825 bits per heavy atom. The van der Waals surface area contributed by atoms with E-state index in [1.54, 1.807) is 43.5 Å². The summed E-state index contributed by atoms with van der Waals surface area (Å²) >= 11 is 3.54. The number of rotatable bonds is 11. The van der Waals surface area contributed by atoms with Gasteiger partial charge in [-0.3, -0.25) is 4.79 Å². The van der Waals surface area contributed by atoms with Crippen LogP contribution in [0.1, 0.15) is 16.7 Å². The monoisotopic (exact) mass is 598 g/mol. The van der Waals surface area contributed by atoms with Crippen LogP contribution in [0, 0.1) is 11.3 Å². The predicted molar refractivity (Wildman–Crippen MR) is 157 cm³/mol. The molecule has 202 valence electrons. The highest BCUT2D eigenvalue weighted by Crippen LogP contribution is 2.38. The van der Waals surface area contributed by atoms with Crippen LogP contribution < -0.4 is 24.3 Å². The lowest BCUT2D eigenvalue weighted by Crippen LogP contribution is -2.13. The van der Waals surface area contributed by atoms with Crippen LogP contribution in [0.25, 0.3) is 6.08 Å². The molecule has 1 N–H and O–H groups in total. The van der Waals surface area contributed by atoms with E-state index >= 15 is 0 Å². The lowest BCUT2D eigenvalue weighted by Gasteiger charge is -2.15. The largest absolute Gasteiger partial charge is 0.493 e. The van der Waals surface area contributed by atoms with Gasteiger partial charge in [-0.25, -0.2) is 0 Å². The highest BCUT2D eigenvalue weighted by Gasteiger charge is 2.15. The highest BCUT2D eigenvalue weighted by molar-refractivity contribution is 9.10. The van der Waals surface area contributed by atoms with Gasteiger partial charge in [-0.1, -0.05) is 54.6 Å². The van der Waals surface area contributed by atoms with Crippen molar-refractivity contribution in [3.8, 4) is 29.1 Å². The Morgan fingerprint density at radius 2 is 1.50 bits per heavy atom. The zero-order valence-corrected chi connectivity index (χ0v) is 23.6. The van der Waals surface area contributed by atoms with Crippen LogP contribution in [0.4, 0.5) is 5.69 Å². The van der Waals surface area contributed by atoms with Crippen LogP contribution >= 0.6 is 15.9 Å². The fourth-order valence-electron chi connectivity index (χ4n) is 3.81. The number of methoxy groups -OCH3 is 2. The van der Waals surface area contributed by atoms with Crippen LogP contribution in [0.15, 0.2) is 101 Å². The van der Waals surface area contributed by atoms with Gasteiger partial charge in [-0.2, -0.15) is 5.26 Å². The van der Waals surface area contributed by atoms with Crippen molar-refractivity contribution >= 4 is 33.6 Å². The summed E-state index contributed by atoms with van der Waals surface area (Å²) in [7, 11) is 3.12. The van der Waals surface area contributed by atoms with E-state index in [1.807, 2.05) is 60.7 Å². The molecule has 0 saturated heterocycles. The van der Waals surface area contributed by atoms with Gasteiger partial charge in [-0.05, 0) is 75.1 Å². The van der Waals surface area contributed by atoms with Crippen LogP contribution in [-0.4, -0.2) is 20.1 Å². The quantitative estimate of drug-likeness (QED) is 0.145. The average Bonchev–Trinajstić information content (AvgIpc) is 2.99. The van der Waals surface area contributed by atoms with E-state index in [2.05, 4.69) is 21.2 Å². The van der Waals surface area contributed by atoms with Crippen molar-refractivity contribution in [2.75, 3.05) is 19.5 Å². The van der Waals surface area contributed by atoms with Crippen LogP contribution in [-0.2, 0) is 18.0 Å². The minimum absolute atomic E-state index is 0.0480. The lowest BCUT2D eigenvalue weighted by molar-refractivity contribution is -0.112. The summed E-state index contributed by atoms with van der Waals surface area (Å²) < 4.78 is 23.7. The number of ether oxygens (including phenoxy) is 4. The molecule has 1 amide bonds. The standard InChI is InChI=1S/C32H27BrN2O5/c1-37-29-17-23(13-14-28(29)39-20-22-9-5-3-6-10-22)21-40-31-27(33)16-24(18-30(31)38-2)15-25(19-34)32(36)35-26-11-7-4-8-12-26/h3-18H,20-21H2,1-2H3,(H,35,36)/b25-15+. The molecule has 0 bridgehead atoms. The lowest BCUT2D eigenvalue weighted by atomic mass is 10.1. The number of nitrogens with zero attached hydrogens (tertiary/aromatic N) is 1. The molecule has 0 aliphatic heterocycles. The van der Waals surface area contributed by atoms with E-state index in [-0.39, 0.29) is 12.2 Å². The minimum Gasteiger partial charge on any atom is -0.493 e. The Kier molecular flexibility index (Phi) is 9.81. The number of carbonyl (C=O) groups is 1. The summed E-state index contributed by atoms with van der Waals surface area (Å²) in [6, 6.07) is 29.9. The summed E-state index contributed by atoms with van der Waals surface area (Å²) in [6.45, 7) is 0.668. The number of hydrogen-bond acceptors (Lipinski definition) is 6. The number of carbonyl (C=O) groups excluding carboxylic acids is 1. The van der Waals surface area contributed by atoms with Gasteiger partial charge in [0.2, 0.25) is 0 Å². The molecule has 40 heavy (non-hydrogen) atoms. The summed E-state index contributed by atoms with van der Waals surface area (Å²) in [4.78, 5) is 12.6. The Hall–Kier alpha value is -4.74. The summed E-state index contributed by atoms with van der Waals surface area (Å²) in [5.74, 6) is 1.65. The number of anilines is 1. The third-order valence-corrected chi connectivity index (χ3v) is 6.40. The highest BCUT2D eigenvalue weighted by atomic mass is 79.9. The van der Waals surface area contributed by atoms with Gasteiger partial charge in [0.15, 0.2) is 23.0 Å². The van der Waals surface area contributed by atoms with Crippen molar-refractivity contribution in [1.82, 2.24) is 0 Å². The van der Waals surface area contributed by atoms with Gasteiger partial charge in [0, 0.05) is 5.69 Å². The third kappa shape index (κ3) is 7.43. The molecule has 0 saturated carbocycles. The van der Waals surface area contributed by atoms with E-state index in [9.17, 15) is 10.1 Å². The second-order valence-electron chi connectivity index (χ2n) is 8.57. The summed E-state index contributed by atoms with van der Waals surface area (Å²) in [6.07, 6.45) is 1.49. The van der Waals surface area contributed by atoms with E-state index in [1.165, 1.54) is 13.2 Å². The van der Waals surface area contributed by atoms with Gasteiger partial charge in [-0.15, -0.1) is 0 Å². The van der Waals surface area contributed by atoms with E-state index in [0.717, 1.165) is 11.1 Å². The molecule has 0 spiro atoms. The second kappa shape index (κ2) is 13.9. The van der Waals surface area contributed by atoms with Gasteiger partial charge in [0.05, 0.1) is 18.7 Å². The SMILES string of the molecule is COc1cc(COc2c(Br)cc(/C=C(\C#N)C(=O)Nc3ccccc3)cc2OC)ccc1OCc1ccccc1. The maximum atomic E-state index is 12.6. The first kappa shape index (κ1) is 28.3. The summed E-state index contributed by atoms with van der Waals surface area (Å²) in [5, 5.41) is 12.3. The first-order valence-corrected chi connectivity index (χ1v) is 13.1. The first-order valence-electron chi connectivity index (χ1n) is 12.3. The maximum absolute atomic E-state index is 12.6. The molecule has 4 aromatic rings. The fourth-order valence-corrected chi connectivity index (χ4v) is 4.38. The average molecular weight is 599 g/mol. The topological polar surface area (TPSA) is 89.8 Å². The molecule has 0 heterocycles. The smallest absolute Gasteiger partial charge is 0.266 e. The zero-order chi connectivity index (χ0) is 28.3. The molecule has 0 aromatic heterocycles. The van der Waals surface area contributed by atoms with Gasteiger partial charge in [0.1, 0.15) is 24.9 Å². The van der Waals surface area contributed by atoms with Gasteiger partial charge >= 0.3 is 0 Å². The van der Waals surface area contributed by atoms with Crippen molar-refractivity contribution in [3.63, 3.8) is 0 Å². The molecule has 0 atom stereocenters. The molecule has 0 radical (unpaired) electrons. The van der Waals surface area contributed by atoms with Crippen LogP contribution in [0.5, 0.6) is 23.0 Å². The molecule has 4 aromatic carbocycles. The number of amides is 1. The Morgan fingerprint density at radius 3 is 2.17 bits per heavy atom. The third-order valence-electron chi connectivity index (χ3n) is 5.81. The second-order valence-corrected chi connectivity index (χ2v) is 9.43. The van der Waals surface area contributed by atoms with Crippen LogP contribution in [0.2, 0.25) is 0 Å². The maximum Gasteiger partial charge on any atom is 0.266 e. The molecule has 7 nitrogen and oxygen atoms in total. The Balaban J connectivity index is 1.46. The molecule has 4 rings (SSSR count). The van der Waals surface area contributed by atoms with Crippen molar-refractivity contribution in [2.24, 2.45) is 0 Å². The molecule has 0 unspecified atom stereocenters. The number of para-hydroxylation sites is 1. The normalized spacial score (nSPS) is 10.8. The van der Waals surface area contributed by atoms with Crippen LogP contribution in [0.3, 0.4) is 0 Å². The van der Waals surface area contributed by atoms with Crippen molar-refractivity contribution in [2.45, 2.75) is 13.2 Å². The number of hydrogen-bond donors (Lipinski definition) is 1.